The Kier molecular flexibility index (Phi) is 3.08. The number of rotatable bonds is 1. The zero-order valence-corrected chi connectivity index (χ0v) is 11.5. The first-order valence-corrected chi connectivity index (χ1v) is 6.27. The van der Waals surface area contributed by atoms with E-state index >= 15 is 0 Å². The van der Waals surface area contributed by atoms with Crippen molar-refractivity contribution < 1.29 is 4.74 Å². The molecule has 0 N–H and O–H groups in total. The van der Waals surface area contributed by atoms with Gasteiger partial charge in [-0.05, 0) is 45.9 Å². The van der Waals surface area contributed by atoms with Crippen LogP contribution in [0.4, 0.5) is 5.69 Å². The molecule has 3 heteroatoms. The summed E-state index contributed by atoms with van der Waals surface area (Å²) in [5.41, 5.74) is 1.45. The molecule has 1 aliphatic heterocycles. The highest BCUT2D eigenvalue weighted by atomic mass is 16.5. The van der Waals surface area contributed by atoms with Gasteiger partial charge in [0.05, 0.1) is 22.8 Å². The van der Waals surface area contributed by atoms with E-state index in [1.165, 1.54) is 0 Å². The molecule has 18 heavy (non-hydrogen) atoms. The molecule has 0 saturated carbocycles. The van der Waals surface area contributed by atoms with Crippen molar-refractivity contribution in [3.8, 4) is 6.07 Å². The summed E-state index contributed by atoms with van der Waals surface area (Å²) in [6.45, 7) is 10.1. The normalized spacial score (nSPS) is 21.4. The van der Waals surface area contributed by atoms with Crippen molar-refractivity contribution in [3.63, 3.8) is 0 Å². The Balaban J connectivity index is 2.30. The van der Waals surface area contributed by atoms with Crippen LogP contribution < -0.4 is 4.90 Å². The molecular weight excluding hydrogens is 224 g/mol. The van der Waals surface area contributed by atoms with E-state index < -0.39 is 0 Å². The number of nitriles is 1. The molecule has 0 spiro atoms. The molecule has 0 bridgehead atoms. The maximum absolute atomic E-state index is 8.97. The summed E-state index contributed by atoms with van der Waals surface area (Å²) in [6.07, 6.45) is 0. The molecule has 3 nitrogen and oxygen atoms in total. The summed E-state index contributed by atoms with van der Waals surface area (Å²) in [5.74, 6) is 0. The van der Waals surface area contributed by atoms with E-state index in [1.54, 1.807) is 0 Å². The van der Waals surface area contributed by atoms with Gasteiger partial charge in [0.15, 0.2) is 0 Å². The average molecular weight is 244 g/mol. The summed E-state index contributed by atoms with van der Waals surface area (Å²) < 4.78 is 6.06. The van der Waals surface area contributed by atoms with Crippen LogP contribution in [0.5, 0.6) is 0 Å². The number of hydrogen-bond acceptors (Lipinski definition) is 3. The lowest BCUT2D eigenvalue weighted by Crippen LogP contribution is -2.57. The average Bonchev–Trinajstić information content (AvgIpc) is 2.25. The van der Waals surface area contributed by atoms with E-state index in [9.17, 15) is 0 Å². The van der Waals surface area contributed by atoms with Gasteiger partial charge in [0.25, 0.3) is 0 Å². The second kappa shape index (κ2) is 4.29. The summed E-state index contributed by atoms with van der Waals surface area (Å²) in [7, 11) is 0. The fraction of sp³-hybridized carbons (Fsp3) is 0.533. The number of benzene rings is 1. The second-order valence-corrected chi connectivity index (χ2v) is 6.14. The minimum Gasteiger partial charge on any atom is -0.366 e. The minimum atomic E-state index is -0.176. The summed E-state index contributed by atoms with van der Waals surface area (Å²) in [6, 6.07) is 9.95. The van der Waals surface area contributed by atoms with Crippen molar-refractivity contribution in [2.75, 3.05) is 18.0 Å². The van der Waals surface area contributed by atoms with Gasteiger partial charge in [-0.25, -0.2) is 0 Å². The molecule has 1 aliphatic rings. The third-order valence-electron chi connectivity index (χ3n) is 3.04. The van der Waals surface area contributed by atoms with Crippen LogP contribution in [0, 0.1) is 11.3 Å². The van der Waals surface area contributed by atoms with Crippen LogP contribution in [0.1, 0.15) is 33.3 Å². The molecule has 1 heterocycles. The van der Waals surface area contributed by atoms with E-state index in [0.29, 0.717) is 5.56 Å². The molecule has 1 aromatic carbocycles. The minimum absolute atomic E-state index is 0.176. The SMILES string of the molecule is CC1(C)CN(c2cccc(C#N)c2)CC(C)(C)O1. The van der Waals surface area contributed by atoms with E-state index in [-0.39, 0.29) is 11.2 Å². The molecule has 1 saturated heterocycles. The first-order chi connectivity index (χ1) is 8.31. The zero-order valence-electron chi connectivity index (χ0n) is 11.5. The Labute approximate surface area is 109 Å². The van der Waals surface area contributed by atoms with Crippen LogP contribution in [0.25, 0.3) is 0 Å². The van der Waals surface area contributed by atoms with Gasteiger partial charge < -0.3 is 9.64 Å². The molecule has 0 radical (unpaired) electrons. The lowest BCUT2D eigenvalue weighted by Gasteiger charge is -2.48. The predicted octanol–water partition coefficient (Wildman–Crippen LogP) is 2.95. The van der Waals surface area contributed by atoms with Crippen molar-refractivity contribution in [2.24, 2.45) is 0 Å². The monoisotopic (exact) mass is 244 g/mol. The Morgan fingerprint density at radius 3 is 2.33 bits per heavy atom. The molecule has 1 fully saturated rings. The van der Waals surface area contributed by atoms with Crippen molar-refractivity contribution in [2.45, 2.75) is 38.9 Å². The highest BCUT2D eigenvalue weighted by Gasteiger charge is 2.38. The number of hydrogen-bond donors (Lipinski definition) is 0. The van der Waals surface area contributed by atoms with Gasteiger partial charge in [0.1, 0.15) is 0 Å². The van der Waals surface area contributed by atoms with Gasteiger partial charge in [0.2, 0.25) is 0 Å². The third-order valence-corrected chi connectivity index (χ3v) is 3.04. The van der Waals surface area contributed by atoms with Gasteiger partial charge in [0, 0.05) is 18.8 Å². The van der Waals surface area contributed by atoms with Crippen molar-refractivity contribution in [1.82, 2.24) is 0 Å². The lowest BCUT2D eigenvalue weighted by molar-refractivity contribution is -0.133. The summed E-state index contributed by atoms with van der Waals surface area (Å²) in [5, 5.41) is 8.97. The van der Waals surface area contributed by atoms with Crippen LogP contribution in [-0.2, 0) is 4.74 Å². The van der Waals surface area contributed by atoms with Gasteiger partial charge in [-0.1, -0.05) is 6.07 Å². The third kappa shape index (κ3) is 2.83. The fourth-order valence-corrected chi connectivity index (χ4v) is 2.74. The topological polar surface area (TPSA) is 36.3 Å². The first kappa shape index (κ1) is 12.9. The molecule has 0 aromatic heterocycles. The number of ether oxygens (including phenoxy) is 1. The van der Waals surface area contributed by atoms with Crippen molar-refractivity contribution >= 4 is 5.69 Å². The highest BCUT2D eigenvalue weighted by molar-refractivity contribution is 5.52. The lowest BCUT2D eigenvalue weighted by atomic mass is 9.98. The van der Waals surface area contributed by atoms with Crippen molar-refractivity contribution in [3.05, 3.63) is 29.8 Å². The Hall–Kier alpha value is -1.53. The van der Waals surface area contributed by atoms with Crippen LogP contribution in [0.3, 0.4) is 0 Å². The van der Waals surface area contributed by atoms with Crippen LogP contribution in [0.2, 0.25) is 0 Å². The van der Waals surface area contributed by atoms with Gasteiger partial charge in [-0.2, -0.15) is 5.26 Å². The molecular formula is C15H20N2O. The zero-order chi connectivity index (χ0) is 13.4. The maximum atomic E-state index is 8.97. The van der Waals surface area contributed by atoms with Crippen molar-refractivity contribution in [1.29, 1.82) is 5.26 Å². The standard InChI is InChI=1S/C15H20N2O/c1-14(2)10-17(11-15(3,4)18-14)13-7-5-6-12(8-13)9-16/h5-8H,10-11H2,1-4H3. The molecule has 0 amide bonds. The molecule has 0 unspecified atom stereocenters. The molecule has 0 atom stereocenters. The fourth-order valence-electron chi connectivity index (χ4n) is 2.74. The summed E-state index contributed by atoms with van der Waals surface area (Å²) in [4.78, 5) is 2.30. The molecule has 1 aromatic rings. The predicted molar refractivity (Wildman–Crippen MR) is 72.6 cm³/mol. The molecule has 2 rings (SSSR count). The van der Waals surface area contributed by atoms with E-state index in [2.05, 4.69) is 44.7 Å². The number of nitrogens with zero attached hydrogens (tertiary/aromatic N) is 2. The number of anilines is 1. The van der Waals surface area contributed by atoms with Crippen LogP contribution in [-0.4, -0.2) is 24.3 Å². The first-order valence-electron chi connectivity index (χ1n) is 6.27. The van der Waals surface area contributed by atoms with E-state index in [4.69, 9.17) is 10.00 Å². The Morgan fingerprint density at radius 1 is 1.17 bits per heavy atom. The Bertz CT molecular complexity index is 470. The highest BCUT2D eigenvalue weighted by Crippen LogP contribution is 2.31. The largest absolute Gasteiger partial charge is 0.366 e. The molecule has 0 aliphatic carbocycles. The van der Waals surface area contributed by atoms with Gasteiger partial charge in [-0.15, -0.1) is 0 Å². The quantitative estimate of drug-likeness (QED) is 0.762. The van der Waals surface area contributed by atoms with Gasteiger partial charge >= 0.3 is 0 Å². The van der Waals surface area contributed by atoms with Crippen LogP contribution in [0.15, 0.2) is 24.3 Å². The summed E-state index contributed by atoms with van der Waals surface area (Å²) >= 11 is 0. The second-order valence-electron chi connectivity index (χ2n) is 6.14. The van der Waals surface area contributed by atoms with Gasteiger partial charge in [-0.3, -0.25) is 0 Å². The van der Waals surface area contributed by atoms with Crippen LogP contribution >= 0.6 is 0 Å². The van der Waals surface area contributed by atoms with E-state index in [0.717, 1.165) is 18.8 Å². The maximum Gasteiger partial charge on any atom is 0.0992 e. The number of morpholine rings is 1. The molecule has 96 valence electrons. The van der Waals surface area contributed by atoms with E-state index in [1.807, 2.05) is 18.2 Å². The Morgan fingerprint density at radius 2 is 1.78 bits per heavy atom. The smallest absolute Gasteiger partial charge is 0.0992 e.